The summed E-state index contributed by atoms with van der Waals surface area (Å²) in [4.78, 5) is 0. The molecule has 0 saturated carbocycles. The zero-order valence-corrected chi connectivity index (χ0v) is 10.5. The normalized spacial score (nSPS) is 5.14. The van der Waals surface area contributed by atoms with E-state index in [1.807, 2.05) is 0 Å². The standard InChI is InChI=1S/C4H13N3.3CO.W/c5-1-3-7-4-2-6;3*1-2;/h7H,1-6H2;;;;. The van der Waals surface area contributed by atoms with E-state index in [2.05, 4.69) is 25.3 Å². The van der Waals surface area contributed by atoms with E-state index >= 15 is 0 Å². The molecule has 0 aliphatic rings. The van der Waals surface area contributed by atoms with Gasteiger partial charge in [0.05, 0.1) is 0 Å². The largest absolute Gasteiger partial charge is 0 e. The Morgan fingerprint density at radius 2 is 1.00 bits per heavy atom. The van der Waals surface area contributed by atoms with Gasteiger partial charge in [0.1, 0.15) is 0 Å². The van der Waals surface area contributed by atoms with Gasteiger partial charge in [-0.25, -0.2) is 0 Å². The second-order valence-electron chi connectivity index (χ2n) is 1.33. The van der Waals surface area contributed by atoms with Crippen LogP contribution in [0.1, 0.15) is 0 Å². The molecule has 0 bridgehead atoms. The Hall–Kier alpha value is -0.212. The maximum absolute atomic E-state index is 7.50. The van der Waals surface area contributed by atoms with Crippen molar-refractivity contribution in [3.8, 4) is 0 Å². The van der Waals surface area contributed by atoms with E-state index in [4.69, 9.17) is 25.4 Å². The average Bonchev–Trinajstić information content (AvgIpc) is 2.27. The monoisotopic (exact) mass is 371 g/mol. The second kappa shape index (κ2) is 77.5. The molecule has 14 heavy (non-hydrogen) atoms. The fourth-order valence-electron chi connectivity index (χ4n) is 0.329. The number of hydrogen-bond acceptors (Lipinski definition) is 3. The summed E-state index contributed by atoms with van der Waals surface area (Å²) < 4.78 is 22.5. The Kier molecular flexibility index (Phi) is 162. The third-order valence-electron chi connectivity index (χ3n) is 0.642. The van der Waals surface area contributed by atoms with Crippen LogP contribution in [0.5, 0.6) is 0 Å². The predicted octanol–water partition coefficient (Wildman–Crippen LogP) is -1.62. The molecular weight excluding hydrogens is 358 g/mol. The molecule has 0 radical (unpaired) electrons. The molecule has 0 aliphatic carbocycles. The van der Waals surface area contributed by atoms with Gasteiger partial charge in [-0.1, -0.05) is 0 Å². The van der Waals surface area contributed by atoms with E-state index in [9.17, 15) is 0 Å². The van der Waals surface area contributed by atoms with E-state index in [0.717, 1.165) is 13.1 Å². The first kappa shape index (κ1) is 29.2. The van der Waals surface area contributed by atoms with Crippen molar-refractivity contribution in [3.05, 3.63) is 20.0 Å². The summed E-state index contributed by atoms with van der Waals surface area (Å²) in [5.41, 5.74) is 10.3. The van der Waals surface area contributed by atoms with Crippen molar-refractivity contribution in [3.63, 3.8) is 0 Å². The number of hydrogen-bond donors (Lipinski definition) is 3. The molecule has 0 saturated heterocycles. The summed E-state index contributed by atoms with van der Waals surface area (Å²) in [5, 5.41) is 3.03. The van der Waals surface area contributed by atoms with Gasteiger partial charge in [-0.2, -0.15) is 0 Å². The van der Waals surface area contributed by atoms with Gasteiger partial charge in [0.25, 0.3) is 0 Å². The van der Waals surface area contributed by atoms with Gasteiger partial charge in [-0.05, 0) is 0 Å². The van der Waals surface area contributed by atoms with Crippen molar-refractivity contribution in [1.82, 2.24) is 5.32 Å². The van der Waals surface area contributed by atoms with Crippen molar-refractivity contribution in [1.29, 1.82) is 0 Å². The SMILES string of the molecule is NCCNCCN.[C-]#[O+].[C-]#[O+].[C-]#[O+].[W]. The first-order valence-electron chi connectivity index (χ1n) is 3.14. The zero-order chi connectivity index (χ0) is 11.5. The van der Waals surface area contributed by atoms with E-state index in [1.54, 1.807) is 0 Å². The quantitative estimate of drug-likeness (QED) is 0.313. The Bertz CT molecular complexity index is 98.2. The Balaban J connectivity index is -0.0000000332. The molecule has 0 unspecified atom stereocenters. The topological polar surface area (TPSA) is 124 Å². The summed E-state index contributed by atoms with van der Waals surface area (Å²) in [7, 11) is 0. The molecule has 0 atom stereocenters. The van der Waals surface area contributed by atoms with Gasteiger partial charge in [0, 0.05) is 47.2 Å². The first-order chi connectivity index (χ1) is 6.41. The minimum absolute atomic E-state index is 0. The van der Waals surface area contributed by atoms with Crippen LogP contribution in [0, 0.1) is 20.0 Å². The van der Waals surface area contributed by atoms with E-state index in [1.165, 1.54) is 0 Å². The fraction of sp³-hybridized carbons (Fsp3) is 0.571. The maximum atomic E-state index is 7.50. The molecule has 0 heterocycles. The molecule has 0 fully saturated rings. The molecule has 6 nitrogen and oxygen atoms in total. The predicted molar refractivity (Wildman–Crippen MR) is 42.8 cm³/mol. The van der Waals surface area contributed by atoms with Crippen LogP contribution < -0.4 is 16.8 Å². The summed E-state index contributed by atoms with van der Waals surface area (Å²) in [6.07, 6.45) is 0. The molecule has 0 aromatic heterocycles. The summed E-state index contributed by atoms with van der Waals surface area (Å²) in [6.45, 7) is 16.6. The molecule has 5 N–H and O–H groups in total. The minimum atomic E-state index is 0. The summed E-state index contributed by atoms with van der Waals surface area (Å²) in [5.74, 6) is 0. The summed E-state index contributed by atoms with van der Waals surface area (Å²) in [6, 6.07) is 0. The van der Waals surface area contributed by atoms with Gasteiger partial charge in [0.2, 0.25) is 0 Å². The first-order valence-corrected chi connectivity index (χ1v) is 3.14. The minimum Gasteiger partial charge on any atom is 0 e. The van der Waals surface area contributed by atoms with Crippen molar-refractivity contribution in [2.75, 3.05) is 26.2 Å². The van der Waals surface area contributed by atoms with Crippen LogP contribution in [-0.2, 0) is 35.0 Å². The average molecular weight is 371 g/mol. The van der Waals surface area contributed by atoms with E-state index < -0.39 is 0 Å². The molecule has 0 aromatic rings. The van der Waals surface area contributed by atoms with E-state index in [-0.39, 0.29) is 21.1 Å². The Labute approximate surface area is 98.2 Å². The van der Waals surface area contributed by atoms with Crippen molar-refractivity contribution < 1.29 is 35.0 Å². The molecule has 0 spiro atoms. The molecule has 80 valence electrons. The van der Waals surface area contributed by atoms with Crippen LogP contribution in [0.4, 0.5) is 0 Å². The molecule has 0 aromatic carbocycles. The third kappa shape index (κ3) is 95.6. The Morgan fingerprint density at radius 3 is 1.14 bits per heavy atom. The van der Waals surface area contributed by atoms with Crippen LogP contribution >= 0.6 is 0 Å². The summed E-state index contributed by atoms with van der Waals surface area (Å²) >= 11 is 0. The number of nitrogens with two attached hydrogens (primary N) is 2. The molecular formula is C7H13N3O3W. The van der Waals surface area contributed by atoms with Gasteiger partial charge in [0.15, 0.2) is 0 Å². The van der Waals surface area contributed by atoms with Crippen LogP contribution in [0.15, 0.2) is 0 Å². The zero-order valence-electron chi connectivity index (χ0n) is 7.62. The maximum Gasteiger partial charge on any atom is 0 e. The molecule has 0 amide bonds. The van der Waals surface area contributed by atoms with Gasteiger partial charge >= 0.3 is 33.9 Å². The van der Waals surface area contributed by atoms with Crippen molar-refractivity contribution in [2.45, 2.75) is 0 Å². The molecule has 7 heteroatoms. The number of nitrogens with one attached hydrogen (secondary N) is 1. The number of rotatable bonds is 4. The van der Waals surface area contributed by atoms with Gasteiger partial charge in [-0.3, -0.25) is 0 Å². The van der Waals surface area contributed by atoms with Crippen LogP contribution in [0.2, 0.25) is 0 Å². The van der Waals surface area contributed by atoms with Crippen molar-refractivity contribution >= 4 is 0 Å². The van der Waals surface area contributed by atoms with E-state index in [0.29, 0.717) is 13.1 Å². The van der Waals surface area contributed by atoms with Crippen LogP contribution in [-0.4, -0.2) is 26.2 Å². The van der Waals surface area contributed by atoms with Gasteiger partial charge < -0.3 is 16.8 Å². The van der Waals surface area contributed by atoms with Crippen LogP contribution in [0.25, 0.3) is 0 Å². The second-order valence-corrected chi connectivity index (χ2v) is 1.33. The fourth-order valence-corrected chi connectivity index (χ4v) is 0.329. The molecule has 0 rings (SSSR count). The smallest absolute Gasteiger partial charge is 0 e. The third-order valence-corrected chi connectivity index (χ3v) is 0.642. The van der Waals surface area contributed by atoms with Crippen molar-refractivity contribution in [2.24, 2.45) is 11.5 Å². The molecule has 0 aliphatic heterocycles. The Morgan fingerprint density at radius 1 is 0.786 bits per heavy atom. The van der Waals surface area contributed by atoms with Gasteiger partial charge in [-0.15, -0.1) is 0 Å². The van der Waals surface area contributed by atoms with Crippen LogP contribution in [0.3, 0.4) is 0 Å².